The molecule has 1 unspecified atom stereocenters. The number of amides is 2. The second-order valence-electron chi connectivity index (χ2n) is 7.66. The Morgan fingerprint density at radius 3 is 2.28 bits per heavy atom. The number of hydroxylamine groups is 1. The number of nitrogens with one attached hydrogen (secondary N) is 1. The summed E-state index contributed by atoms with van der Waals surface area (Å²) >= 11 is 0. The van der Waals surface area contributed by atoms with Gasteiger partial charge in [0, 0.05) is 19.4 Å². The van der Waals surface area contributed by atoms with Gasteiger partial charge < -0.3 is 19.1 Å². The van der Waals surface area contributed by atoms with E-state index in [1.807, 2.05) is 41.3 Å². The van der Waals surface area contributed by atoms with Gasteiger partial charge in [0.25, 0.3) is 0 Å². The van der Waals surface area contributed by atoms with Crippen LogP contribution < -0.4 is 19.7 Å². The largest absolute Gasteiger partial charge is 0.497 e. The molecule has 0 saturated heterocycles. The predicted molar refractivity (Wildman–Crippen MR) is 118 cm³/mol. The summed E-state index contributed by atoms with van der Waals surface area (Å²) in [6, 6.07) is 11.4. The maximum absolute atomic E-state index is 13.2. The van der Waals surface area contributed by atoms with Crippen molar-refractivity contribution in [3.63, 3.8) is 0 Å². The number of carbonyl (C=O) groups excluding carboxylic acids is 2. The van der Waals surface area contributed by atoms with Gasteiger partial charge in [-0.3, -0.25) is 14.8 Å². The van der Waals surface area contributed by atoms with E-state index in [1.165, 1.54) is 0 Å². The van der Waals surface area contributed by atoms with Crippen LogP contribution >= 0.6 is 0 Å². The molecule has 2 amide bonds. The fourth-order valence-electron chi connectivity index (χ4n) is 4.12. The van der Waals surface area contributed by atoms with E-state index in [4.69, 9.17) is 19.4 Å². The SMILES string of the molecule is COc1ccc(C2c3cc(OC)c(OC)cc3CCN2C(=O)CCCCC(=O)NO)cc1. The zero-order chi connectivity index (χ0) is 23.1. The lowest BCUT2D eigenvalue weighted by Gasteiger charge is -2.38. The van der Waals surface area contributed by atoms with E-state index in [9.17, 15) is 9.59 Å². The third-order valence-electron chi connectivity index (χ3n) is 5.79. The zero-order valence-corrected chi connectivity index (χ0v) is 18.7. The van der Waals surface area contributed by atoms with Gasteiger partial charge in [-0.15, -0.1) is 0 Å². The highest BCUT2D eigenvalue weighted by molar-refractivity contribution is 5.78. The van der Waals surface area contributed by atoms with E-state index in [-0.39, 0.29) is 18.4 Å². The van der Waals surface area contributed by atoms with Gasteiger partial charge in [-0.2, -0.15) is 0 Å². The summed E-state index contributed by atoms with van der Waals surface area (Å²) in [5.41, 5.74) is 4.72. The number of carbonyl (C=O) groups is 2. The highest BCUT2D eigenvalue weighted by atomic mass is 16.5. The minimum absolute atomic E-state index is 0.0238. The first-order chi connectivity index (χ1) is 15.5. The van der Waals surface area contributed by atoms with Crippen molar-refractivity contribution >= 4 is 11.8 Å². The Morgan fingerprint density at radius 1 is 1.00 bits per heavy atom. The molecule has 0 aromatic heterocycles. The molecule has 3 rings (SSSR count). The average molecular weight is 443 g/mol. The molecule has 1 heterocycles. The van der Waals surface area contributed by atoms with Crippen LogP contribution in [0.2, 0.25) is 0 Å². The Labute approximate surface area is 188 Å². The summed E-state index contributed by atoms with van der Waals surface area (Å²) in [4.78, 5) is 26.3. The molecule has 1 atom stereocenters. The Morgan fingerprint density at radius 2 is 1.66 bits per heavy atom. The van der Waals surface area contributed by atoms with Gasteiger partial charge in [0.1, 0.15) is 5.75 Å². The highest BCUT2D eigenvalue weighted by Crippen LogP contribution is 2.41. The van der Waals surface area contributed by atoms with Gasteiger partial charge in [-0.1, -0.05) is 12.1 Å². The molecule has 2 N–H and O–H groups in total. The zero-order valence-electron chi connectivity index (χ0n) is 18.7. The van der Waals surface area contributed by atoms with Crippen molar-refractivity contribution in [2.45, 2.75) is 38.1 Å². The smallest absolute Gasteiger partial charge is 0.243 e. The molecule has 172 valence electrons. The molecule has 8 nitrogen and oxygen atoms in total. The second kappa shape index (κ2) is 10.9. The summed E-state index contributed by atoms with van der Waals surface area (Å²) in [5.74, 6) is 1.62. The van der Waals surface area contributed by atoms with Crippen LogP contribution in [0, 0.1) is 0 Å². The molecule has 0 fully saturated rings. The van der Waals surface area contributed by atoms with Crippen molar-refractivity contribution in [2.24, 2.45) is 0 Å². The molecule has 0 bridgehead atoms. The fourth-order valence-corrected chi connectivity index (χ4v) is 4.12. The molecule has 2 aromatic rings. The van der Waals surface area contributed by atoms with E-state index < -0.39 is 5.91 Å². The third kappa shape index (κ3) is 5.13. The van der Waals surface area contributed by atoms with Crippen molar-refractivity contribution in [1.29, 1.82) is 0 Å². The lowest BCUT2D eigenvalue weighted by atomic mass is 9.87. The quantitative estimate of drug-likeness (QED) is 0.352. The molecule has 0 saturated carbocycles. The van der Waals surface area contributed by atoms with Crippen LogP contribution in [-0.2, 0) is 16.0 Å². The first-order valence-electron chi connectivity index (χ1n) is 10.6. The average Bonchev–Trinajstić information content (AvgIpc) is 2.84. The van der Waals surface area contributed by atoms with Crippen molar-refractivity contribution < 1.29 is 29.0 Å². The molecule has 1 aliphatic heterocycles. The number of unbranched alkanes of at least 4 members (excludes halogenated alkanes) is 1. The lowest BCUT2D eigenvalue weighted by molar-refractivity contribution is -0.134. The number of hydrogen-bond donors (Lipinski definition) is 2. The molecule has 0 spiro atoms. The van der Waals surface area contributed by atoms with Crippen LogP contribution in [0.5, 0.6) is 17.2 Å². The van der Waals surface area contributed by atoms with Crippen LogP contribution in [-0.4, -0.2) is 49.8 Å². The summed E-state index contributed by atoms with van der Waals surface area (Å²) < 4.78 is 16.3. The van der Waals surface area contributed by atoms with Gasteiger partial charge in [-0.25, -0.2) is 5.48 Å². The van der Waals surface area contributed by atoms with Gasteiger partial charge in [0.2, 0.25) is 11.8 Å². The topological polar surface area (TPSA) is 97.3 Å². The summed E-state index contributed by atoms with van der Waals surface area (Å²) in [6.45, 7) is 0.579. The second-order valence-corrected chi connectivity index (χ2v) is 7.66. The summed E-state index contributed by atoms with van der Waals surface area (Å²) in [6.07, 6.45) is 2.32. The monoisotopic (exact) mass is 442 g/mol. The van der Waals surface area contributed by atoms with Crippen molar-refractivity contribution in [1.82, 2.24) is 10.4 Å². The fraction of sp³-hybridized carbons (Fsp3) is 0.417. The van der Waals surface area contributed by atoms with Gasteiger partial charge in [0.15, 0.2) is 11.5 Å². The number of hydrogen-bond acceptors (Lipinski definition) is 6. The minimum atomic E-state index is -0.443. The lowest BCUT2D eigenvalue weighted by Crippen LogP contribution is -2.40. The van der Waals surface area contributed by atoms with E-state index in [2.05, 4.69) is 0 Å². The molecular weight excluding hydrogens is 412 g/mol. The number of methoxy groups -OCH3 is 3. The molecule has 2 aromatic carbocycles. The van der Waals surface area contributed by atoms with E-state index in [1.54, 1.807) is 26.8 Å². The first kappa shape index (κ1) is 23.4. The normalized spacial score (nSPS) is 15.0. The summed E-state index contributed by atoms with van der Waals surface area (Å²) in [5, 5.41) is 8.62. The van der Waals surface area contributed by atoms with Gasteiger partial charge in [0.05, 0.1) is 27.4 Å². The maximum Gasteiger partial charge on any atom is 0.243 e. The van der Waals surface area contributed by atoms with Gasteiger partial charge in [-0.05, 0) is 60.2 Å². The highest BCUT2D eigenvalue weighted by Gasteiger charge is 2.33. The Hall–Kier alpha value is -3.26. The predicted octanol–water partition coefficient (Wildman–Crippen LogP) is 3.25. The first-order valence-corrected chi connectivity index (χ1v) is 10.6. The standard InChI is InChI=1S/C24H30N2O6/c1-30-18-10-8-16(9-11-18)24-19-15-21(32-3)20(31-2)14-17(19)12-13-26(24)23(28)7-5-4-6-22(27)25-29/h8-11,14-15,24,29H,4-7,12-13H2,1-3H3,(H,25,27). The van der Waals surface area contributed by atoms with Crippen LogP contribution in [0.1, 0.15) is 48.4 Å². The molecule has 0 radical (unpaired) electrons. The molecule has 0 aliphatic carbocycles. The number of ether oxygens (including phenoxy) is 3. The molecule has 8 heteroatoms. The van der Waals surface area contributed by atoms with E-state index in [0.717, 1.165) is 22.4 Å². The van der Waals surface area contributed by atoms with Crippen LogP contribution in [0.3, 0.4) is 0 Å². The number of benzene rings is 2. The Balaban J connectivity index is 1.91. The Kier molecular flexibility index (Phi) is 7.94. The number of rotatable bonds is 9. The van der Waals surface area contributed by atoms with Crippen molar-refractivity contribution in [2.75, 3.05) is 27.9 Å². The van der Waals surface area contributed by atoms with Crippen LogP contribution in [0.15, 0.2) is 36.4 Å². The van der Waals surface area contributed by atoms with Gasteiger partial charge >= 0.3 is 0 Å². The maximum atomic E-state index is 13.2. The minimum Gasteiger partial charge on any atom is -0.497 e. The van der Waals surface area contributed by atoms with Crippen molar-refractivity contribution in [3.05, 3.63) is 53.1 Å². The van der Waals surface area contributed by atoms with E-state index >= 15 is 0 Å². The number of fused-ring (bicyclic) bond motifs is 1. The molecule has 32 heavy (non-hydrogen) atoms. The van der Waals surface area contributed by atoms with Crippen LogP contribution in [0.4, 0.5) is 0 Å². The number of nitrogens with zero attached hydrogens (tertiary/aromatic N) is 1. The van der Waals surface area contributed by atoms with Crippen LogP contribution in [0.25, 0.3) is 0 Å². The third-order valence-corrected chi connectivity index (χ3v) is 5.79. The Bertz CT molecular complexity index is 944. The van der Waals surface area contributed by atoms with Crippen molar-refractivity contribution in [3.8, 4) is 17.2 Å². The molecule has 1 aliphatic rings. The summed E-state index contributed by atoms with van der Waals surface area (Å²) in [7, 11) is 4.83. The molecular formula is C24H30N2O6. The van der Waals surface area contributed by atoms with E-state index in [0.29, 0.717) is 43.7 Å².